The van der Waals surface area contributed by atoms with Gasteiger partial charge in [-0.25, -0.2) is 0 Å². The molecule has 0 fully saturated rings. The van der Waals surface area contributed by atoms with Crippen molar-refractivity contribution in [3.05, 3.63) is 59.7 Å². The van der Waals surface area contributed by atoms with Crippen LogP contribution in [0.3, 0.4) is 0 Å². The lowest BCUT2D eigenvalue weighted by atomic mass is 10.1. The maximum Gasteiger partial charge on any atom is 0.309 e. The number of benzene rings is 2. The number of ether oxygens (including phenoxy) is 3. The van der Waals surface area contributed by atoms with Gasteiger partial charge in [0.2, 0.25) is 0 Å². The van der Waals surface area contributed by atoms with E-state index in [2.05, 4.69) is 4.74 Å². The van der Waals surface area contributed by atoms with Gasteiger partial charge in [0, 0.05) is 0 Å². The molecule has 0 unspecified atom stereocenters. The highest BCUT2D eigenvalue weighted by Crippen LogP contribution is 2.14. The summed E-state index contributed by atoms with van der Waals surface area (Å²) in [5, 5.41) is 0. The minimum atomic E-state index is -0.250. The normalized spacial score (nSPS) is 10.1. The smallest absolute Gasteiger partial charge is 0.309 e. The van der Waals surface area contributed by atoms with E-state index in [1.54, 1.807) is 0 Å². The van der Waals surface area contributed by atoms with Crippen LogP contribution in [0.15, 0.2) is 48.5 Å². The van der Waals surface area contributed by atoms with E-state index >= 15 is 0 Å². The minimum Gasteiger partial charge on any atom is -0.490 e. The molecule has 22 heavy (non-hydrogen) atoms. The summed E-state index contributed by atoms with van der Waals surface area (Å²) in [7, 11) is 1.38. The van der Waals surface area contributed by atoms with Crippen LogP contribution in [-0.2, 0) is 16.0 Å². The third-order valence-electron chi connectivity index (χ3n) is 3.14. The lowest BCUT2D eigenvalue weighted by Crippen LogP contribution is -2.09. The van der Waals surface area contributed by atoms with Crippen molar-refractivity contribution < 1.29 is 19.0 Å². The highest BCUT2D eigenvalue weighted by molar-refractivity contribution is 5.72. The van der Waals surface area contributed by atoms with Crippen LogP contribution in [0.5, 0.6) is 11.5 Å². The third-order valence-corrected chi connectivity index (χ3v) is 3.14. The van der Waals surface area contributed by atoms with Crippen LogP contribution in [0.4, 0.5) is 0 Å². The van der Waals surface area contributed by atoms with Crippen LogP contribution in [0.1, 0.15) is 11.1 Å². The molecule has 0 heterocycles. The van der Waals surface area contributed by atoms with Crippen LogP contribution >= 0.6 is 0 Å². The predicted octanol–water partition coefficient (Wildman–Crippen LogP) is 3.17. The molecule has 0 bridgehead atoms. The molecule has 2 aromatic carbocycles. The Hall–Kier alpha value is -2.49. The van der Waals surface area contributed by atoms with E-state index in [0.29, 0.717) is 13.2 Å². The molecule has 0 aliphatic heterocycles. The lowest BCUT2D eigenvalue weighted by Gasteiger charge is -2.09. The van der Waals surface area contributed by atoms with E-state index in [0.717, 1.165) is 17.1 Å². The van der Waals surface area contributed by atoms with Gasteiger partial charge in [-0.2, -0.15) is 0 Å². The molecule has 0 radical (unpaired) electrons. The molecular formula is C18H20O4. The molecule has 0 aromatic heterocycles. The number of carbonyl (C=O) groups excluding carboxylic acids is 1. The number of aryl methyl sites for hydroxylation is 1. The second-order valence-corrected chi connectivity index (χ2v) is 4.91. The maximum absolute atomic E-state index is 11.2. The molecule has 0 spiro atoms. The molecule has 0 saturated carbocycles. The fourth-order valence-electron chi connectivity index (χ4n) is 1.90. The Bertz CT molecular complexity index is 587. The number of esters is 1. The number of methoxy groups -OCH3 is 1. The second-order valence-electron chi connectivity index (χ2n) is 4.91. The first kappa shape index (κ1) is 15.9. The highest BCUT2D eigenvalue weighted by Gasteiger charge is 2.03. The molecule has 0 aliphatic rings. The molecule has 0 saturated heterocycles. The first-order valence-corrected chi connectivity index (χ1v) is 7.15. The molecule has 0 atom stereocenters. The fraction of sp³-hybridized carbons (Fsp3) is 0.278. The molecule has 0 aliphatic carbocycles. The summed E-state index contributed by atoms with van der Waals surface area (Å²) in [5.74, 6) is 1.34. The summed E-state index contributed by atoms with van der Waals surface area (Å²) in [5.41, 5.74) is 2.10. The summed E-state index contributed by atoms with van der Waals surface area (Å²) < 4.78 is 15.8. The van der Waals surface area contributed by atoms with Crippen LogP contribution in [-0.4, -0.2) is 26.3 Å². The average molecular weight is 300 g/mol. The van der Waals surface area contributed by atoms with Gasteiger partial charge in [0.15, 0.2) is 0 Å². The SMILES string of the molecule is COC(=O)Cc1ccc(OCCOc2ccc(C)cc2)cc1. The van der Waals surface area contributed by atoms with E-state index in [1.165, 1.54) is 12.7 Å². The summed E-state index contributed by atoms with van der Waals surface area (Å²) >= 11 is 0. The largest absolute Gasteiger partial charge is 0.490 e. The van der Waals surface area contributed by atoms with E-state index < -0.39 is 0 Å². The second kappa shape index (κ2) is 8.08. The molecule has 4 heteroatoms. The number of carbonyl (C=O) groups is 1. The molecule has 0 N–H and O–H groups in total. The first-order valence-electron chi connectivity index (χ1n) is 7.15. The van der Waals surface area contributed by atoms with E-state index in [9.17, 15) is 4.79 Å². The topological polar surface area (TPSA) is 44.8 Å². The number of hydrogen-bond donors (Lipinski definition) is 0. The Morgan fingerprint density at radius 2 is 1.36 bits per heavy atom. The van der Waals surface area contributed by atoms with Gasteiger partial charge in [0.1, 0.15) is 24.7 Å². The van der Waals surface area contributed by atoms with Crippen molar-refractivity contribution in [3.63, 3.8) is 0 Å². The lowest BCUT2D eigenvalue weighted by molar-refractivity contribution is -0.139. The Morgan fingerprint density at radius 3 is 1.86 bits per heavy atom. The van der Waals surface area contributed by atoms with Crippen molar-refractivity contribution >= 4 is 5.97 Å². The zero-order valence-corrected chi connectivity index (χ0v) is 12.9. The predicted molar refractivity (Wildman–Crippen MR) is 84.3 cm³/mol. The van der Waals surface area contributed by atoms with Gasteiger partial charge < -0.3 is 14.2 Å². The van der Waals surface area contributed by atoms with Gasteiger partial charge in [-0.05, 0) is 36.8 Å². The fourth-order valence-corrected chi connectivity index (χ4v) is 1.90. The Balaban J connectivity index is 1.72. The highest BCUT2D eigenvalue weighted by atomic mass is 16.5. The van der Waals surface area contributed by atoms with Gasteiger partial charge in [-0.3, -0.25) is 4.79 Å². The van der Waals surface area contributed by atoms with Crippen LogP contribution in [0.2, 0.25) is 0 Å². The van der Waals surface area contributed by atoms with Crippen molar-refractivity contribution in [2.75, 3.05) is 20.3 Å². The van der Waals surface area contributed by atoms with E-state index in [4.69, 9.17) is 9.47 Å². The Labute approximate surface area is 130 Å². The minimum absolute atomic E-state index is 0.250. The molecule has 2 rings (SSSR count). The number of hydrogen-bond acceptors (Lipinski definition) is 4. The van der Waals surface area contributed by atoms with E-state index in [-0.39, 0.29) is 12.4 Å². The van der Waals surface area contributed by atoms with E-state index in [1.807, 2.05) is 55.5 Å². The van der Waals surface area contributed by atoms with Crippen LogP contribution < -0.4 is 9.47 Å². The van der Waals surface area contributed by atoms with Gasteiger partial charge in [0.05, 0.1) is 13.5 Å². The van der Waals surface area contributed by atoms with Crippen molar-refractivity contribution in [3.8, 4) is 11.5 Å². The summed E-state index contributed by atoms with van der Waals surface area (Å²) in [6.45, 7) is 2.98. The summed E-state index contributed by atoms with van der Waals surface area (Å²) in [6.07, 6.45) is 0.271. The van der Waals surface area contributed by atoms with Gasteiger partial charge in [0.25, 0.3) is 0 Å². The molecule has 4 nitrogen and oxygen atoms in total. The molecule has 0 amide bonds. The van der Waals surface area contributed by atoms with Crippen molar-refractivity contribution in [2.24, 2.45) is 0 Å². The van der Waals surface area contributed by atoms with Crippen molar-refractivity contribution in [1.82, 2.24) is 0 Å². The standard InChI is InChI=1S/C18H20O4/c1-14-3-7-16(8-4-14)21-11-12-22-17-9-5-15(6-10-17)13-18(19)20-2/h3-10H,11-13H2,1-2H3. The Kier molecular flexibility index (Phi) is 5.83. The first-order chi connectivity index (χ1) is 10.7. The van der Waals surface area contributed by atoms with Gasteiger partial charge in [-0.1, -0.05) is 29.8 Å². The third kappa shape index (κ3) is 5.13. The number of rotatable bonds is 7. The van der Waals surface area contributed by atoms with Gasteiger partial charge in [-0.15, -0.1) is 0 Å². The maximum atomic E-state index is 11.2. The quantitative estimate of drug-likeness (QED) is 0.582. The molecule has 2 aromatic rings. The average Bonchev–Trinajstić information content (AvgIpc) is 2.54. The Morgan fingerprint density at radius 1 is 0.864 bits per heavy atom. The van der Waals surface area contributed by atoms with Crippen LogP contribution in [0.25, 0.3) is 0 Å². The van der Waals surface area contributed by atoms with Crippen molar-refractivity contribution in [1.29, 1.82) is 0 Å². The zero-order valence-electron chi connectivity index (χ0n) is 12.9. The van der Waals surface area contributed by atoms with Gasteiger partial charge >= 0.3 is 5.97 Å². The zero-order chi connectivity index (χ0) is 15.8. The summed E-state index contributed by atoms with van der Waals surface area (Å²) in [4.78, 5) is 11.2. The van der Waals surface area contributed by atoms with Crippen molar-refractivity contribution in [2.45, 2.75) is 13.3 Å². The van der Waals surface area contributed by atoms with Crippen LogP contribution in [0, 0.1) is 6.92 Å². The molecule has 116 valence electrons. The summed E-state index contributed by atoms with van der Waals surface area (Å²) in [6, 6.07) is 15.3. The monoisotopic (exact) mass is 300 g/mol. The molecular weight excluding hydrogens is 280 g/mol.